The smallest absolute Gasteiger partial charge is 0.306 e. The van der Waals surface area contributed by atoms with E-state index in [9.17, 15) is 19.8 Å². The zero-order chi connectivity index (χ0) is 48.1. The Bertz CT molecular complexity index is 1170. The third-order valence-corrected chi connectivity index (χ3v) is 12.9. The standard InChI is InChI=1S/C60H109NO5/c1-4-7-10-13-16-19-22-25-27-29-30-32-35-38-41-44-47-50-53-60(65)66-56(51-48-45-42-39-36-33-24-21-18-15-12-9-6-3)54-59(64)61-57(55-62)58(63)52-49-46-43-40-37-34-31-28-26-23-20-17-14-11-8-5-2/h9,12,15,18,21,24,30,32-33,36,56-58,62-63H,4-8,10-11,13-14,16-17,19-20,22-23,25-29,31,34-35,37-55H2,1-3H3,(H,61,64)/b12-9+,18-15+,24-21+,32-30+,36-33-. The Labute approximate surface area is 409 Å². The van der Waals surface area contributed by atoms with Crippen molar-refractivity contribution in [1.82, 2.24) is 5.32 Å². The van der Waals surface area contributed by atoms with Crippen molar-refractivity contribution in [2.24, 2.45) is 0 Å². The van der Waals surface area contributed by atoms with Gasteiger partial charge in [0.2, 0.25) is 5.91 Å². The van der Waals surface area contributed by atoms with Crippen LogP contribution in [0.25, 0.3) is 0 Å². The molecule has 0 aliphatic carbocycles. The van der Waals surface area contributed by atoms with E-state index in [1.54, 1.807) is 0 Å². The van der Waals surface area contributed by atoms with Crippen molar-refractivity contribution in [3.05, 3.63) is 60.8 Å². The van der Waals surface area contributed by atoms with Crippen molar-refractivity contribution in [1.29, 1.82) is 0 Å². The number of nitrogens with one attached hydrogen (secondary N) is 1. The summed E-state index contributed by atoms with van der Waals surface area (Å²) >= 11 is 0. The third-order valence-electron chi connectivity index (χ3n) is 12.9. The van der Waals surface area contributed by atoms with Crippen LogP contribution < -0.4 is 5.32 Å². The van der Waals surface area contributed by atoms with Crippen molar-refractivity contribution < 1.29 is 24.5 Å². The lowest BCUT2D eigenvalue weighted by Gasteiger charge is -2.24. The first-order valence-electron chi connectivity index (χ1n) is 28.6. The van der Waals surface area contributed by atoms with Crippen LogP contribution >= 0.6 is 0 Å². The summed E-state index contributed by atoms with van der Waals surface area (Å²) in [7, 11) is 0. The average molecular weight is 925 g/mol. The highest BCUT2D eigenvalue weighted by atomic mass is 16.5. The first-order valence-corrected chi connectivity index (χ1v) is 28.6. The minimum atomic E-state index is -0.802. The van der Waals surface area contributed by atoms with Crippen LogP contribution in [0.2, 0.25) is 0 Å². The van der Waals surface area contributed by atoms with E-state index >= 15 is 0 Å². The maximum atomic E-state index is 13.2. The second-order valence-corrected chi connectivity index (χ2v) is 19.4. The molecule has 0 radical (unpaired) electrons. The van der Waals surface area contributed by atoms with E-state index in [0.29, 0.717) is 19.3 Å². The van der Waals surface area contributed by atoms with Crippen LogP contribution in [0.15, 0.2) is 60.8 Å². The number of hydrogen-bond acceptors (Lipinski definition) is 5. The molecule has 6 nitrogen and oxygen atoms in total. The van der Waals surface area contributed by atoms with E-state index in [1.165, 1.54) is 161 Å². The lowest BCUT2D eigenvalue weighted by atomic mass is 10.0. The maximum absolute atomic E-state index is 13.2. The van der Waals surface area contributed by atoms with Gasteiger partial charge in [-0.3, -0.25) is 9.59 Å². The average Bonchev–Trinajstić information content (AvgIpc) is 3.31. The van der Waals surface area contributed by atoms with Crippen molar-refractivity contribution in [3.63, 3.8) is 0 Å². The van der Waals surface area contributed by atoms with E-state index in [-0.39, 0.29) is 24.9 Å². The lowest BCUT2D eigenvalue weighted by molar-refractivity contribution is -0.151. The Balaban J connectivity index is 4.56. The number of aliphatic hydroxyl groups is 2. The topological polar surface area (TPSA) is 95.9 Å². The molecule has 0 aromatic carbocycles. The summed E-state index contributed by atoms with van der Waals surface area (Å²) in [6.07, 6.45) is 67.2. The molecule has 0 aliphatic heterocycles. The molecule has 6 heteroatoms. The number of allylic oxidation sites excluding steroid dienone is 10. The summed E-state index contributed by atoms with van der Waals surface area (Å²) in [6.45, 7) is 6.36. The first kappa shape index (κ1) is 63.6. The Hall–Kier alpha value is -2.44. The summed E-state index contributed by atoms with van der Waals surface area (Å²) in [5, 5.41) is 23.9. The second-order valence-electron chi connectivity index (χ2n) is 19.4. The highest BCUT2D eigenvalue weighted by Crippen LogP contribution is 2.18. The van der Waals surface area contributed by atoms with Gasteiger partial charge in [-0.1, -0.05) is 261 Å². The van der Waals surface area contributed by atoms with Crippen molar-refractivity contribution in [3.8, 4) is 0 Å². The number of unbranched alkanes of at least 4 members (excludes halogenated alkanes) is 32. The molecule has 0 saturated heterocycles. The fraction of sp³-hybridized carbons (Fsp3) is 0.800. The van der Waals surface area contributed by atoms with E-state index < -0.39 is 18.2 Å². The molecule has 1 amide bonds. The number of ether oxygens (including phenoxy) is 1. The zero-order valence-corrected chi connectivity index (χ0v) is 43.8. The monoisotopic (exact) mass is 924 g/mol. The van der Waals surface area contributed by atoms with Gasteiger partial charge in [-0.25, -0.2) is 0 Å². The fourth-order valence-corrected chi connectivity index (χ4v) is 8.61. The highest BCUT2D eigenvalue weighted by Gasteiger charge is 2.24. The fourth-order valence-electron chi connectivity index (χ4n) is 8.61. The van der Waals surface area contributed by atoms with Crippen LogP contribution in [0, 0.1) is 0 Å². The van der Waals surface area contributed by atoms with E-state index in [1.807, 2.05) is 24.3 Å². The van der Waals surface area contributed by atoms with Crippen LogP contribution in [0.5, 0.6) is 0 Å². The minimum Gasteiger partial charge on any atom is -0.462 e. The van der Waals surface area contributed by atoms with Crippen LogP contribution in [-0.2, 0) is 14.3 Å². The zero-order valence-electron chi connectivity index (χ0n) is 43.8. The Kier molecular flexibility index (Phi) is 51.5. The van der Waals surface area contributed by atoms with Crippen LogP contribution in [0.1, 0.15) is 284 Å². The number of amides is 1. The van der Waals surface area contributed by atoms with Gasteiger partial charge in [0.25, 0.3) is 0 Å². The van der Waals surface area contributed by atoms with Gasteiger partial charge in [-0.15, -0.1) is 0 Å². The summed E-state index contributed by atoms with van der Waals surface area (Å²) < 4.78 is 5.93. The van der Waals surface area contributed by atoms with E-state index in [4.69, 9.17) is 4.74 Å². The molecule has 0 saturated carbocycles. The summed E-state index contributed by atoms with van der Waals surface area (Å²) in [5.41, 5.74) is 0. The molecular weight excluding hydrogens is 815 g/mol. The third kappa shape index (κ3) is 48.0. The van der Waals surface area contributed by atoms with E-state index in [0.717, 1.165) is 77.0 Å². The van der Waals surface area contributed by atoms with Gasteiger partial charge in [0.05, 0.1) is 25.2 Å². The number of carbonyl (C=O) groups excluding carboxylic acids is 2. The number of aliphatic hydroxyl groups excluding tert-OH is 2. The molecule has 0 aromatic heterocycles. The van der Waals surface area contributed by atoms with Gasteiger partial charge in [-0.05, 0) is 70.6 Å². The Morgan fingerprint density at radius 3 is 1.30 bits per heavy atom. The Morgan fingerprint density at radius 2 is 0.833 bits per heavy atom. The predicted molar refractivity (Wildman–Crippen MR) is 287 cm³/mol. The minimum absolute atomic E-state index is 0.0479. The number of esters is 1. The number of hydrogen-bond donors (Lipinski definition) is 3. The lowest BCUT2D eigenvalue weighted by Crippen LogP contribution is -2.46. The normalized spacial score (nSPS) is 13.6. The summed E-state index contributed by atoms with van der Waals surface area (Å²) in [4.78, 5) is 26.2. The maximum Gasteiger partial charge on any atom is 0.306 e. The highest BCUT2D eigenvalue weighted by molar-refractivity contribution is 5.77. The van der Waals surface area contributed by atoms with Gasteiger partial charge >= 0.3 is 5.97 Å². The van der Waals surface area contributed by atoms with Crippen molar-refractivity contribution >= 4 is 11.9 Å². The van der Waals surface area contributed by atoms with Gasteiger partial charge in [0.1, 0.15) is 6.10 Å². The van der Waals surface area contributed by atoms with Crippen molar-refractivity contribution in [2.45, 2.75) is 302 Å². The SMILES string of the molecule is CC/C=C/C=C/C=C/C=C\CCCCCC(CC(=O)NC(CO)C(O)CCCCCCCCCCCCCCCCCC)OC(=O)CCCCCCC/C=C/CCCCCCCCCCC. The van der Waals surface area contributed by atoms with Crippen LogP contribution in [0.3, 0.4) is 0 Å². The number of rotatable bonds is 51. The Morgan fingerprint density at radius 1 is 0.455 bits per heavy atom. The van der Waals surface area contributed by atoms with Gasteiger partial charge < -0.3 is 20.3 Å². The van der Waals surface area contributed by atoms with Gasteiger partial charge in [-0.2, -0.15) is 0 Å². The molecule has 0 spiro atoms. The predicted octanol–water partition coefficient (Wildman–Crippen LogP) is 17.6. The van der Waals surface area contributed by atoms with E-state index in [2.05, 4.69) is 62.5 Å². The quantitative estimate of drug-likeness (QED) is 0.0244. The molecule has 3 N–H and O–H groups in total. The van der Waals surface area contributed by atoms with Crippen molar-refractivity contribution in [2.75, 3.05) is 6.61 Å². The number of carbonyl (C=O) groups is 2. The molecule has 0 aromatic rings. The molecule has 0 aliphatic rings. The van der Waals surface area contributed by atoms with Crippen LogP contribution in [-0.4, -0.2) is 46.9 Å². The first-order chi connectivity index (χ1) is 32.5. The summed E-state index contributed by atoms with van der Waals surface area (Å²) in [5.74, 6) is -0.516. The van der Waals surface area contributed by atoms with Gasteiger partial charge in [0, 0.05) is 6.42 Å². The molecule has 66 heavy (non-hydrogen) atoms. The molecular formula is C60H109NO5. The molecule has 0 fully saturated rings. The molecule has 0 rings (SSSR count). The second kappa shape index (κ2) is 53.5. The molecule has 0 heterocycles. The molecule has 384 valence electrons. The van der Waals surface area contributed by atoms with Gasteiger partial charge in [0.15, 0.2) is 0 Å². The summed E-state index contributed by atoms with van der Waals surface area (Å²) in [6, 6.07) is -0.718. The van der Waals surface area contributed by atoms with Crippen LogP contribution in [0.4, 0.5) is 0 Å². The molecule has 3 atom stereocenters. The largest absolute Gasteiger partial charge is 0.462 e. The molecule has 0 bridgehead atoms. The molecule has 3 unspecified atom stereocenters.